The lowest BCUT2D eigenvalue weighted by molar-refractivity contribution is 0.592. The molecule has 0 fully saturated rings. The molecule has 0 unspecified atom stereocenters. The first-order chi connectivity index (χ1) is 10.2. The molecule has 1 heterocycles. The molecule has 0 aliphatic rings. The fourth-order valence-electron chi connectivity index (χ4n) is 2.34. The van der Waals surface area contributed by atoms with Crippen molar-refractivity contribution in [3.8, 4) is 0 Å². The van der Waals surface area contributed by atoms with Gasteiger partial charge in [-0.2, -0.15) is 0 Å². The fourth-order valence-corrected chi connectivity index (χ4v) is 4.85. The number of nitrogens with zero attached hydrogens (tertiary/aromatic N) is 1. The number of benzene rings is 2. The Hall–Kier alpha value is -2.18. The van der Waals surface area contributed by atoms with Gasteiger partial charge < -0.3 is 4.57 Å². The summed E-state index contributed by atoms with van der Waals surface area (Å²) in [4.78, 5) is 4.44. The van der Waals surface area contributed by atoms with Gasteiger partial charge in [0.05, 0.1) is 0 Å². The van der Waals surface area contributed by atoms with Crippen LogP contribution in [-0.2, 0) is 4.57 Å². The van der Waals surface area contributed by atoms with Crippen molar-refractivity contribution in [3.05, 3.63) is 84.6 Å². The second kappa shape index (κ2) is 5.67. The molecule has 0 aliphatic carbocycles. The average molecular weight is 293 g/mol. The third-order valence-electron chi connectivity index (χ3n) is 3.46. The van der Waals surface area contributed by atoms with E-state index in [1.54, 1.807) is 6.20 Å². The van der Waals surface area contributed by atoms with Crippen LogP contribution in [0.4, 0.5) is 0 Å². The molecule has 0 atom stereocenters. The third-order valence-corrected chi connectivity index (χ3v) is 6.42. The molecule has 3 heteroatoms. The molecule has 0 saturated carbocycles. The van der Waals surface area contributed by atoms with Crippen LogP contribution in [0.3, 0.4) is 0 Å². The van der Waals surface area contributed by atoms with Crippen molar-refractivity contribution < 1.29 is 4.57 Å². The van der Waals surface area contributed by atoms with Gasteiger partial charge in [-0.25, -0.2) is 0 Å². The highest BCUT2D eigenvalue weighted by Crippen LogP contribution is 2.41. The van der Waals surface area contributed by atoms with Gasteiger partial charge in [0.15, 0.2) is 7.14 Å². The number of pyridine rings is 1. The molecule has 0 spiro atoms. The van der Waals surface area contributed by atoms with Crippen LogP contribution in [0.5, 0.6) is 0 Å². The van der Waals surface area contributed by atoms with E-state index in [9.17, 15) is 4.57 Å². The summed E-state index contributed by atoms with van der Waals surface area (Å²) in [5.41, 5.74) is 1.69. The van der Waals surface area contributed by atoms with E-state index in [-0.39, 0.29) is 0 Å². The fraction of sp³-hybridized carbons (Fsp3) is 0.0556. The van der Waals surface area contributed by atoms with Crippen LogP contribution in [-0.4, -0.2) is 4.98 Å². The van der Waals surface area contributed by atoms with Gasteiger partial charge in [-0.15, -0.1) is 0 Å². The highest BCUT2D eigenvalue weighted by Gasteiger charge is 2.30. The smallest absolute Gasteiger partial charge is 0.188 e. The van der Waals surface area contributed by atoms with E-state index in [1.807, 2.05) is 79.7 Å². The molecule has 104 valence electrons. The third kappa shape index (κ3) is 2.55. The minimum absolute atomic E-state index is 0.630. The minimum Gasteiger partial charge on any atom is -0.307 e. The van der Waals surface area contributed by atoms with E-state index in [2.05, 4.69) is 4.98 Å². The second-order valence-electron chi connectivity index (χ2n) is 4.97. The quantitative estimate of drug-likeness (QED) is 0.695. The maximum absolute atomic E-state index is 13.9. The minimum atomic E-state index is -2.91. The van der Waals surface area contributed by atoms with Gasteiger partial charge in [0.2, 0.25) is 0 Å². The predicted molar refractivity (Wildman–Crippen MR) is 88.4 cm³/mol. The lowest BCUT2D eigenvalue weighted by Gasteiger charge is -2.18. The summed E-state index contributed by atoms with van der Waals surface area (Å²) in [5.74, 6) is 0. The zero-order chi connectivity index (χ0) is 14.7. The Morgan fingerprint density at radius 2 is 1.29 bits per heavy atom. The van der Waals surface area contributed by atoms with Gasteiger partial charge in [-0.05, 0) is 18.6 Å². The summed E-state index contributed by atoms with van der Waals surface area (Å²) in [6.07, 6.45) is 1.77. The zero-order valence-electron chi connectivity index (χ0n) is 11.8. The normalized spacial score (nSPS) is 11.3. The Bertz CT molecular complexity index is 724. The summed E-state index contributed by atoms with van der Waals surface area (Å²) >= 11 is 0. The van der Waals surface area contributed by atoms with Crippen LogP contribution >= 0.6 is 7.14 Å². The summed E-state index contributed by atoms with van der Waals surface area (Å²) in [5, 5.41) is 1.63. The summed E-state index contributed by atoms with van der Waals surface area (Å²) < 4.78 is 13.9. The average Bonchev–Trinajstić information content (AvgIpc) is 2.56. The predicted octanol–water partition coefficient (Wildman–Crippen LogP) is 3.03. The molecule has 0 saturated heterocycles. The van der Waals surface area contributed by atoms with E-state index in [4.69, 9.17) is 0 Å². The Balaban J connectivity index is 2.26. The van der Waals surface area contributed by atoms with Crippen molar-refractivity contribution in [2.45, 2.75) is 6.92 Å². The molecule has 2 nitrogen and oxygen atoms in total. The molecule has 21 heavy (non-hydrogen) atoms. The van der Waals surface area contributed by atoms with Gasteiger partial charge in [-0.1, -0.05) is 66.7 Å². The number of hydrogen-bond acceptors (Lipinski definition) is 2. The first-order valence-electron chi connectivity index (χ1n) is 6.86. The number of rotatable bonds is 3. The van der Waals surface area contributed by atoms with Gasteiger partial charge in [0, 0.05) is 16.8 Å². The lowest BCUT2D eigenvalue weighted by atomic mass is 10.3. The van der Waals surface area contributed by atoms with E-state index in [0.29, 0.717) is 5.44 Å². The van der Waals surface area contributed by atoms with E-state index in [0.717, 1.165) is 16.2 Å². The molecule has 0 aliphatic heterocycles. The summed E-state index contributed by atoms with van der Waals surface area (Å²) in [6, 6.07) is 23.0. The van der Waals surface area contributed by atoms with Crippen LogP contribution in [0.15, 0.2) is 79.0 Å². The molecule has 3 aromatic rings. The number of hydrogen-bond donors (Lipinski definition) is 0. The molecule has 1 aromatic heterocycles. The molecular formula is C18H16NOP. The topological polar surface area (TPSA) is 30.0 Å². The number of aromatic nitrogens is 1. The number of aryl methyl sites for hydroxylation is 1. The lowest BCUT2D eigenvalue weighted by Crippen LogP contribution is -2.26. The van der Waals surface area contributed by atoms with Crippen LogP contribution < -0.4 is 16.0 Å². The van der Waals surface area contributed by atoms with Crippen molar-refractivity contribution in [2.24, 2.45) is 0 Å². The Labute approximate surface area is 124 Å². The van der Waals surface area contributed by atoms with Crippen LogP contribution in [0.1, 0.15) is 5.56 Å². The maximum atomic E-state index is 13.9. The molecule has 0 radical (unpaired) electrons. The summed E-state index contributed by atoms with van der Waals surface area (Å²) in [6.45, 7) is 1.98. The first-order valence-corrected chi connectivity index (χ1v) is 8.56. The molecular weight excluding hydrogens is 277 g/mol. The Kier molecular flexibility index (Phi) is 3.72. The van der Waals surface area contributed by atoms with Crippen LogP contribution in [0.2, 0.25) is 0 Å². The second-order valence-corrected chi connectivity index (χ2v) is 7.68. The molecule has 0 amide bonds. The summed E-state index contributed by atoms with van der Waals surface area (Å²) in [7, 11) is -2.91. The highest BCUT2D eigenvalue weighted by molar-refractivity contribution is 7.85. The molecule has 3 rings (SSSR count). The van der Waals surface area contributed by atoms with Crippen molar-refractivity contribution in [3.63, 3.8) is 0 Å². The van der Waals surface area contributed by atoms with Gasteiger partial charge in [0.25, 0.3) is 0 Å². The van der Waals surface area contributed by atoms with Crippen molar-refractivity contribution >= 4 is 23.2 Å². The van der Waals surface area contributed by atoms with E-state index in [1.165, 1.54) is 0 Å². The largest absolute Gasteiger partial charge is 0.307 e. The maximum Gasteiger partial charge on any atom is 0.188 e. The molecule has 0 bridgehead atoms. The molecule has 0 N–H and O–H groups in total. The van der Waals surface area contributed by atoms with Gasteiger partial charge in [0.1, 0.15) is 5.44 Å². The van der Waals surface area contributed by atoms with Crippen molar-refractivity contribution in [2.75, 3.05) is 0 Å². The van der Waals surface area contributed by atoms with Gasteiger partial charge >= 0.3 is 0 Å². The zero-order valence-corrected chi connectivity index (χ0v) is 12.7. The Morgan fingerprint density at radius 1 is 0.762 bits per heavy atom. The monoisotopic (exact) mass is 293 g/mol. The van der Waals surface area contributed by atoms with E-state index >= 15 is 0 Å². The highest BCUT2D eigenvalue weighted by atomic mass is 31.2. The van der Waals surface area contributed by atoms with Gasteiger partial charge in [-0.3, -0.25) is 4.98 Å². The first kappa shape index (κ1) is 13.8. The van der Waals surface area contributed by atoms with Crippen molar-refractivity contribution in [1.82, 2.24) is 4.98 Å². The standard InChI is InChI=1S/C18H16NOP/c1-15-12-13-18(19-14-15)21(20,16-8-4-2-5-9-16)17-10-6-3-7-11-17/h2-14H,1H3. The van der Waals surface area contributed by atoms with E-state index < -0.39 is 7.14 Å². The SMILES string of the molecule is Cc1ccc(P(=O)(c2ccccc2)c2ccccc2)nc1. The van der Waals surface area contributed by atoms with Crippen molar-refractivity contribution in [1.29, 1.82) is 0 Å². The molecule has 2 aromatic carbocycles. The van der Waals surface area contributed by atoms with Crippen LogP contribution in [0, 0.1) is 6.92 Å². The van der Waals surface area contributed by atoms with Crippen LogP contribution in [0.25, 0.3) is 0 Å². The Morgan fingerprint density at radius 3 is 1.71 bits per heavy atom.